The summed E-state index contributed by atoms with van der Waals surface area (Å²) in [5.74, 6) is 0.661. The summed E-state index contributed by atoms with van der Waals surface area (Å²) >= 11 is 5.83. The number of nitrogens with two attached hydrogens (primary N) is 1. The Labute approximate surface area is 115 Å². The molecule has 1 aromatic heterocycles. The molecule has 19 heavy (non-hydrogen) atoms. The zero-order valence-corrected chi connectivity index (χ0v) is 11.4. The number of hydrogen-bond donors (Lipinski definition) is 1. The molecule has 0 unspecified atom stereocenters. The molecule has 0 amide bonds. The Morgan fingerprint density at radius 2 is 2.16 bits per heavy atom. The van der Waals surface area contributed by atoms with Crippen LogP contribution in [0.25, 0.3) is 5.69 Å². The minimum Gasteiger partial charge on any atom is -0.491 e. The molecular weight excluding hydrogens is 266 g/mol. The molecule has 0 atom stereocenters. The second-order valence-corrected chi connectivity index (χ2v) is 4.67. The molecule has 2 rings (SSSR count). The molecule has 0 aliphatic heterocycles. The van der Waals surface area contributed by atoms with Crippen LogP contribution in [0.5, 0.6) is 5.75 Å². The zero-order valence-electron chi connectivity index (χ0n) is 10.6. The minimum atomic E-state index is -0.455. The molecule has 2 aromatic rings. The van der Waals surface area contributed by atoms with Crippen molar-refractivity contribution < 1.29 is 4.74 Å². The van der Waals surface area contributed by atoms with Crippen molar-refractivity contribution in [2.45, 2.75) is 20.0 Å². The Balaban J connectivity index is 2.48. The van der Waals surface area contributed by atoms with E-state index in [9.17, 15) is 4.79 Å². The van der Waals surface area contributed by atoms with Gasteiger partial charge in [-0.15, -0.1) is 0 Å². The van der Waals surface area contributed by atoms with Crippen molar-refractivity contribution in [3.8, 4) is 11.4 Å². The van der Waals surface area contributed by atoms with Crippen molar-refractivity contribution in [3.63, 3.8) is 0 Å². The smallest absolute Gasteiger partial charge is 0.292 e. The summed E-state index contributed by atoms with van der Waals surface area (Å²) in [6, 6.07) is 7.06. The van der Waals surface area contributed by atoms with Gasteiger partial charge in [-0.2, -0.15) is 9.78 Å². The second kappa shape index (κ2) is 5.32. The highest BCUT2D eigenvalue weighted by molar-refractivity contribution is 6.32. The van der Waals surface area contributed by atoms with Gasteiger partial charge in [-0.3, -0.25) is 4.79 Å². The summed E-state index contributed by atoms with van der Waals surface area (Å²) in [5.41, 5.74) is 5.81. The number of hydrogen-bond acceptors (Lipinski definition) is 4. The molecule has 1 heterocycles. The minimum absolute atomic E-state index is 0.0369. The van der Waals surface area contributed by atoms with E-state index in [0.717, 1.165) is 0 Å². The van der Waals surface area contributed by atoms with Gasteiger partial charge in [0.1, 0.15) is 10.8 Å². The van der Waals surface area contributed by atoms with E-state index in [-0.39, 0.29) is 16.8 Å². The van der Waals surface area contributed by atoms with Crippen LogP contribution in [-0.2, 0) is 0 Å². The van der Waals surface area contributed by atoms with Crippen molar-refractivity contribution in [2.24, 2.45) is 0 Å². The normalized spacial score (nSPS) is 10.7. The maximum Gasteiger partial charge on any atom is 0.292 e. The van der Waals surface area contributed by atoms with Gasteiger partial charge < -0.3 is 10.5 Å². The molecule has 0 spiro atoms. The first-order valence-electron chi connectivity index (χ1n) is 5.79. The maximum atomic E-state index is 12.0. The Kier molecular flexibility index (Phi) is 3.76. The number of halogens is 1. The van der Waals surface area contributed by atoms with Crippen molar-refractivity contribution in [1.29, 1.82) is 0 Å². The fourth-order valence-corrected chi connectivity index (χ4v) is 1.72. The van der Waals surface area contributed by atoms with Crippen molar-refractivity contribution in [1.82, 2.24) is 9.78 Å². The van der Waals surface area contributed by atoms with Gasteiger partial charge in [0.2, 0.25) is 0 Å². The van der Waals surface area contributed by atoms with Gasteiger partial charge in [-0.1, -0.05) is 17.7 Å². The summed E-state index contributed by atoms with van der Waals surface area (Å²) in [6.45, 7) is 3.86. The number of aromatic nitrogens is 2. The predicted molar refractivity (Wildman–Crippen MR) is 75.0 cm³/mol. The van der Waals surface area contributed by atoms with Gasteiger partial charge in [-0.05, 0) is 26.0 Å². The molecule has 0 saturated carbocycles. The first-order valence-corrected chi connectivity index (χ1v) is 6.17. The maximum absolute atomic E-state index is 12.0. The van der Waals surface area contributed by atoms with Crippen LogP contribution >= 0.6 is 11.6 Å². The third-order valence-corrected chi connectivity index (χ3v) is 2.76. The fourth-order valence-electron chi connectivity index (χ4n) is 1.59. The van der Waals surface area contributed by atoms with Crippen LogP contribution < -0.4 is 16.0 Å². The number of benzene rings is 1. The summed E-state index contributed by atoms with van der Waals surface area (Å²) in [6.07, 6.45) is 1.40. The zero-order chi connectivity index (χ0) is 14.0. The van der Waals surface area contributed by atoms with Gasteiger partial charge in [-0.25, -0.2) is 0 Å². The molecule has 5 nitrogen and oxygen atoms in total. The lowest BCUT2D eigenvalue weighted by Crippen LogP contribution is -2.22. The van der Waals surface area contributed by atoms with Crippen LogP contribution in [0.3, 0.4) is 0 Å². The number of nitrogens with zero attached hydrogens (tertiary/aromatic N) is 2. The first-order chi connectivity index (χ1) is 8.99. The van der Waals surface area contributed by atoms with Crippen LogP contribution in [0.4, 0.5) is 5.69 Å². The second-order valence-electron chi connectivity index (χ2n) is 4.29. The van der Waals surface area contributed by atoms with E-state index in [1.165, 1.54) is 10.9 Å². The Bertz CT molecular complexity index is 653. The van der Waals surface area contributed by atoms with Crippen LogP contribution in [0, 0.1) is 0 Å². The largest absolute Gasteiger partial charge is 0.491 e. The van der Waals surface area contributed by atoms with Crippen LogP contribution in [-0.4, -0.2) is 15.9 Å². The molecule has 0 radical (unpaired) electrons. The first kappa shape index (κ1) is 13.4. The lowest BCUT2D eigenvalue weighted by Gasteiger charge is -2.11. The fraction of sp³-hybridized carbons (Fsp3) is 0.231. The molecule has 0 bridgehead atoms. The van der Waals surface area contributed by atoms with Crippen molar-refractivity contribution in [2.75, 3.05) is 5.73 Å². The molecular formula is C13H14ClN3O2. The lowest BCUT2D eigenvalue weighted by molar-refractivity contribution is 0.242. The molecule has 0 aliphatic carbocycles. The van der Waals surface area contributed by atoms with Gasteiger partial charge in [0, 0.05) is 6.07 Å². The predicted octanol–water partition coefficient (Wildman–Crippen LogP) is 2.26. The van der Waals surface area contributed by atoms with E-state index >= 15 is 0 Å². The Morgan fingerprint density at radius 3 is 2.84 bits per heavy atom. The van der Waals surface area contributed by atoms with Gasteiger partial charge in [0.05, 0.1) is 23.7 Å². The molecule has 0 aliphatic rings. The van der Waals surface area contributed by atoms with E-state index in [1.807, 2.05) is 19.9 Å². The average Bonchev–Trinajstić information content (AvgIpc) is 2.36. The van der Waals surface area contributed by atoms with Crippen LogP contribution in [0.15, 0.2) is 35.3 Å². The highest BCUT2D eigenvalue weighted by Gasteiger charge is 2.09. The van der Waals surface area contributed by atoms with Gasteiger partial charge in [0.25, 0.3) is 5.56 Å². The van der Waals surface area contributed by atoms with Crippen LogP contribution in [0.2, 0.25) is 5.02 Å². The summed E-state index contributed by atoms with van der Waals surface area (Å²) in [5, 5.41) is 3.93. The highest BCUT2D eigenvalue weighted by Crippen LogP contribution is 2.18. The highest BCUT2D eigenvalue weighted by atomic mass is 35.5. The SMILES string of the molecule is CC(C)Oc1cccc(-n2ncc(N)c(Cl)c2=O)c1. The standard InChI is InChI=1S/C13H14ClN3O2/c1-8(2)19-10-5-3-4-9(6-10)17-13(18)12(14)11(15)7-16-17/h3-8H,15H2,1-2H3. The molecule has 2 N–H and O–H groups in total. The number of ether oxygens (including phenoxy) is 1. The lowest BCUT2D eigenvalue weighted by atomic mass is 10.3. The monoisotopic (exact) mass is 279 g/mol. The number of nitrogen functional groups attached to an aromatic ring is 1. The number of anilines is 1. The van der Waals surface area contributed by atoms with Crippen molar-refractivity contribution >= 4 is 17.3 Å². The average molecular weight is 280 g/mol. The summed E-state index contributed by atoms with van der Waals surface area (Å²) in [7, 11) is 0. The van der Waals surface area contributed by atoms with E-state index < -0.39 is 5.56 Å². The Morgan fingerprint density at radius 1 is 1.42 bits per heavy atom. The summed E-state index contributed by atoms with van der Waals surface area (Å²) < 4.78 is 6.76. The van der Waals surface area contributed by atoms with Crippen LogP contribution in [0.1, 0.15) is 13.8 Å². The van der Waals surface area contributed by atoms with E-state index in [1.54, 1.807) is 18.2 Å². The topological polar surface area (TPSA) is 70.1 Å². The summed E-state index contributed by atoms with van der Waals surface area (Å²) in [4.78, 5) is 12.0. The van der Waals surface area contributed by atoms with E-state index in [2.05, 4.69) is 5.10 Å². The molecule has 0 fully saturated rings. The molecule has 1 aromatic carbocycles. The van der Waals surface area contributed by atoms with Gasteiger partial charge in [0.15, 0.2) is 0 Å². The third kappa shape index (κ3) is 2.88. The third-order valence-electron chi connectivity index (χ3n) is 2.38. The quantitative estimate of drug-likeness (QED) is 0.935. The Hall–Kier alpha value is -2.01. The van der Waals surface area contributed by atoms with Crippen molar-refractivity contribution in [3.05, 3.63) is 45.8 Å². The molecule has 6 heteroatoms. The van der Waals surface area contributed by atoms with E-state index in [0.29, 0.717) is 11.4 Å². The molecule has 100 valence electrons. The van der Waals surface area contributed by atoms with E-state index in [4.69, 9.17) is 22.1 Å². The van der Waals surface area contributed by atoms with Gasteiger partial charge >= 0.3 is 0 Å². The number of rotatable bonds is 3. The molecule has 0 saturated heterocycles.